The van der Waals surface area contributed by atoms with Crippen molar-refractivity contribution in [2.24, 2.45) is 17.8 Å². The highest BCUT2D eigenvalue weighted by molar-refractivity contribution is 5.79. The van der Waals surface area contributed by atoms with Gasteiger partial charge in [0.1, 0.15) is 12.4 Å². The van der Waals surface area contributed by atoms with Crippen LogP contribution in [0.5, 0.6) is 5.75 Å². The standard InChI is InChI=1S/C18H23NO2/c1-3-8-21-17-6-4-13(5-7-17)12-19(2)18(20)16-10-14-9-15(14)11-16/h3-7,14-16H,1,8-12H2,2H3. The molecule has 3 rings (SSSR count). The van der Waals surface area contributed by atoms with Crippen molar-refractivity contribution in [1.29, 1.82) is 0 Å². The molecule has 112 valence electrons. The maximum atomic E-state index is 12.4. The molecule has 0 N–H and O–H groups in total. The highest BCUT2D eigenvalue weighted by Crippen LogP contribution is 2.54. The van der Waals surface area contributed by atoms with E-state index in [0.717, 1.165) is 36.0 Å². The lowest BCUT2D eigenvalue weighted by Crippen LogP contribution is -2.31. The van der Waals surface area contributed by atoms with Crippen molar-refractivity contribution in [2.75, 3.05) is 13.7 Å². The lowest BCUT2D eigenvalue weighted by Gasteiger charge is -2.22. The van der Waals surface area contributed by atoms with Gasteiger partial charge in [-0.15, -0.1) is 0 Å². The molecule has 0 radical (unpaired) electrons. The first-order chi connectivity index (χ1) is 10.2. The zero-order valence-corrected chi connectivity index (χ0v) is 12.6. The van der Waals surface area contributed by atoms with Crippen molar-refractivity contribution in [3.05, 3.63) is 42.5 Å². The minimum absolute atomic E-state index is 0.272. The molecular weight excluding hydrogens is 262 g/mol. The van der Waals surface area contributed by atoms with Gasteiger partial charge in [0.25, 0.3) is 0 Å². The summed E-state index contributed by atoms with van der Waals surface area (Å²) in [6.45, 7) is 4.82. The number of carbonyl (C=O) groups is 1. The molecule has 0 aliphatic heterocycles. The van der Waals surface area contributed by atoms with E-state index in [1.165, 1.54) is 6.42 Å². The van der Waals surface area contributed by atoms with Crippen molar-refractivity contribution in [3.8, 4) is 5.75 Å². The molecule has 0 heterocycles. The number of benzene rings is 1. The Morgan fingerprint density at radius 1 is 1.29 bits per heavy atom. The molecule has 2 saturated carbocycles. The van der Waals surface area contributed by atoms with Crippen LogP contribution in [0.15, 0.2) is 36.9 Å². The summed E-state index contributed by atoms with van der Waals surface area (Å²) in [4.78, 5) is 14.3. The van der Waals surface area contributed by atoms with Crippen LogP contribution in [0, 0.1) is 17.8 Å². The fourth-order valence-electron chi connectivity index (χ4n) is 3.43. The minimum Gasteiger partial charge on any atom is -0.490 e. The monoisotopic (exact) mass is 285 g/mol. The summed E-state index contributed by atoms with van der Waals surface area (Å²) in [6.07, 6.45) is 5.32. The second kappa shape index (κ2) is 5.92. The molecular formula is C18H23NO2. The number of fused-ring (bicyclic) bond motifs is 1. The molecule has 2 aliphatic rings. The molecule has 2 atom stereocenters. The van der Waals surface area contributed by atoms with Gasteiger partial charge in [0.15, 0.2) is 0 Å². The minimum atomic E-state index is 0.272. The largest absolute Gasteiger partial charge is 0.490 e. The smallest absolute Gasteiger partial charge is 0.225 e. The van der Waals surface area contributed by atoms with E-state index in [1.807, 2.05) is 36.2 Å². The Hall–Kier alpha value is -1.77. The summed E-state index contributed by atoms with van der Waals surface area (Å²) >= 11 is 0. The molecule has 0 spiro atoms. The SMILES string of the molecule is C=CCOc1ccc(CN(C)C(=O)C2CC3CC3C2)cc1. The summed E-state index contributed by atoms with van der Waals surface area (Å²) in [6, 6.07) is 7.94. The summed E-state index contributed by atoms with van der Waals surface area (Å²) in [5.74, 6) is 3.13. The molecule has 0 bridgehead atoms. The zero-order chi connectivity index (χ0) is 14.8. The van der Waals surface area contributed by atoms with Crippen LogP contribution in [0.2, 0.25) is 0 Å². The molecule has 1 aromatic rings. The highest BCUT2D eigenvalue weighted by atomic mass is 16.5. The van der Waals surface area contributed by atoms with Gasteiger partial charge in [0, 0.05) is 19.5 Å². The fourth-order valence-corrected chi connectivity index (χ4v) is 3.43. The van der Waals surface area contributed by atoms with Gasteiger partial charge in [-0.3, -0.25) is 4.79 Å². The van der Waals surface area contributed by atoms with E-state index in [2.05, 4.69) is 6.58 Å². The Kier molecular flexibility index (Phi) is 4.00. The molecule has 2 fully saturated rings. The van der Waals surface area contributed by atoms with Gasteiger partial charge in [0.05, 0.1) is 0 Å². The van der Waals surface area contributed by atoms with Crippen molar-refractivity contribution in [1.82, 2.24) is 4.90 Å². The average molecular weight is 285 g/mol. The Balaban J connectivity index is 1.52. The van der Waals surface area contributed by atoms with E-state index in [9.17, 15) is 4.79 Å². The van der Waals surface area contributed by atoms with Crippen molar-refractivity contribution < 1.29 is 9.53 Å². The van der Waals surface area contributed by atoms with Crippen molar-refractivity contribution >= 4 is 5.91 Å². The van der Waals surface area contributed by atoms with E-state index >= 15 is 0 Å². The van der Waals surface area contributed by atoms with Gasteiger partial charge in [-0.2, -0.15) is 0 Å². The Bertz CT molecular complexity index is 513. The van der Waals surface area contributed by atoms with E-state index in [1.54, 1.807) is 6.08 Å². The fraction of sp³-hybridized carbons (Fsp3) is 0.500. The van der Waals surface area contributed by atoms with Gasteiger partial charge < -0.3 is 9.64 Å². The molecule has 1 amide bonds. The number of nitrogens with zero attached hydrogens (tertiary/aromatic N) is 1. The normalized spacial score (nSPS) is 26.0. The molecule has 1 aromatic carbocycles. The molecule has 0 saturated heterocycles. The lowest BCUT2D eigenvalue weighted by atomic mass is 10.0. The first-order valence-electron chi connectivity index (χ1n) is 7.75. The molecule has 2 aliphatic carbocycles. The van der Waals surface area contributed by atoms with Crippen LogP contribution in [0.4, 0.5) is 0 Å². The van der Waals surface area contributed by atoms with Gasteiger partial charge in [0.2, 0.25) is 5.91 Å². The topological polar surface area (TPSA) is 29.5 Å². The summed E-state index contributed by atoms with van der Waals surface area (Å²) in [5, 5.41) is 0. The van der Waals surface area contributed by atoms with Crippen LogP contribution in [0.25, 0.3) is 0 Å². The Morgan fingerprint density at radius 2 is 1.95 bits per heavy atom. The second-order valence-corrected chi connectivity index (χ2v) is 6.36. The number of hydrogen-bond donors (Lipinski definition) is 0. The quantitative estimate of drug-likeness (QED) is 0.751. The van der Waals surface area contributed by atoms with E-state index < -0.39 is 0 Å². The number of rotatable bonds is 6. The molecule has 2 unspecified atom stereocenters. The number of amides is 1. The van der Waals surface area contributed by atoms with Crippen LogP contribution < -0.4 is 4.74 Å². The Labute approximate surface area is 126 Å². The number of carbonyl (C=O) groups excluding carboxylic acids is 1. The summed E-state index contributed by atoms with van der Waals surface area (Å²) in [7, 11) is 1.91. The zero-order valence-electron chi connectivity index (χ0n) is 12.6. The van der Waals surface area contributed by atoms with Crippen molar-refractivity contribution in [3.63, 3.8) is 0 Å². The summed E-state index contributed by atoms with van der Waals surface area (Å²) < 4.78 is 5.46. The van der Waals surface area contributed by atoms with E-state index in [4.69, 9.17) is 4.74 Å². The van der Waals surface area contributed by atoms with E-state index in [0.29, 0.717) is 19.1 Å². The molecule has 0 aromatic heterocycles. The van der Waals surface area contributed by atoms with Gasteiger partial charge in [-0.05, 0) is 48.8 Å². The highest BCUT2D eigenvalue weighted by Gasteiger charge is 2.48. The van der Waals surface area contributed by atoms with Crippen LogP contribution >= 0.6 is 0 Å². The third-order valence-corrected chi connectivity index (χ3v) is 4.68. The number of ether oxygens (including phenoxy) is 1. The summed E-state index contributed by atoms with van der Waals surface area (Å²) in [5.41, 5.74) is 1.14. The van der Waals surface area contributed by atoms with Gasteiger partial charge >= 0.3 is 0 Å². The van der Waals surface area contributed by atoms with Crippen LogP contribution in [-0.2, 0) is 11.3 Å². The maximum Gasteiger partial charge on any atom is 0.225 e. The molecule has 3 heteroatoms. The van der Waals surface area contributed by atoms with Crippen LogP contribution in [0.3, 0.4) is 0 Å². The van der Waals surface area contributed by atoms with Gasteiger partial charge in [-0.25, -0.2) is 0 Å². The van der Waals surface area contributed by atoms with Crippen molar-refractivity contribution in [2.45, 2.75) is 25.8 Å². The third kappa shape index (κ3) is 3.29. The first kappa shape index (κ1) is 14.2. The Morgan fingerprint density at radius 3 is 2.57 bits per heavy atom. The molecule has 21 heavy (non-hydrogen) atoms. The predicted octanol–water partition coefficient (Wildman–Crippen LogP) is 3.26. The molecule has 3 nitrogen and oxygen atoms in total. The van der Waals surface area contributed by atoms with Crippen LogP contribution in [0.1, 0.15) is 24.8 Å². The third-order valence-electron chi connectivity index (χ3n) is 4.68. The van der Waals surface area contributed by atoms with Crippen LogP contribution in [-0.4, -0.2) is 24.5 Å². The number of hydrogen-bond acceptors (Lipinski definition) is 2. The lowest BCUT2D eigenvalue weighted by molar-refractivity contribution is -0.134. The maximum absolute atomic E-state index is 12.4. The predicted molar refractivity (Wildman–Crippen MR) is 82.9 cm³/mol. The first-order valence-corrected chi connectivity index (χ1v) is 7.75. The average Bonchev–Trinajstić information content (AvgIpc) is 3.11. The van der Waals surface area contributed by atoms with Gasteiger partial charge in [-0.1, -0.05) is 24.8 Å². The second-order valence-electron chi connectivity index (χ2n) is 6.36. The van der Waals surface area contributed by atoms with E-state index in [-0.39, 0.29) is 5.92 Å².